The van der Waals surface area contributed by atoms with Crippen molar-refractivity contribution in [2.45, 2.75) is 26.7 Å². The average Bonchev–Trinajstić information content (AvgIpc) is 2.77. The van der Waals surface area contributed by atoms with Crippen molar-refractivity contribution in [2.24, 2.45) is 0 Å². The van der Waals surface area contributed by atoms with Crippen molar-refractivity contribution in [3.8, 4) is 11.1 Å². The van der Waals surface area contributed by atoms with Crippen LogP contribution in [0.5, 0.6) is 0 Å². The van der Waals surface area contributed by atoms with Crippen LogP contribution in [-0.2, 0) is 0 Å². The second-order valence-electron chi connectivity index (χ2n) is 5.33. The quantitative estimate of drug-likeness (QED) is 0.618. The van der Waals surface area contributed by atoms with Gasteiger partial charge in [-0.25, -0.2) is 0 Å². The van der Waals surface area contributed by atoms with Crippen molar-refractivity contribution in [1.29, 1.82) is 0 Å². The minimum atomic E-state index is 0.527. The Labute approximate surface area is 123 Å². The Hall–Kier alpha value is -1.34. The van der Waals surface area contributed by atoms with Gasteiger partial charge in [-0.05, 0) is 69.1 Å². The highest BCUT2D eigenvalue weighted by Crippen LogP contribution is 2.41. The third kappa shape index (κ3) is 1.97. The third-order valence-electron chi connectivity index (χ3n) is 4.15. The maximum Gasteiger partial charge on any atom is 0.0329 e. The number of aryl methyl sites for hydroxylation is 1. The second kappa shape index (κ2) is 4.64. The van der Waals surface area contributed by atoms with E-state index in [-0.39, 0.29) is 0 Å². The third-order valence-corrected chi connectivity index (χ3v) is 5.00. The van der Waals surface area contributed by atoms with Crippen LogP contribution in [-0.4, -0.2) is 0 Å². The van der Waals surface area contributed by atoms with Gasteiger partial charge in [-0.2, -0.15) is 0 Å². The van der Waals surface area contributed by atoms with E-state index in [4.69, 9.17) is 0 Å². The summed E-state index contributed by atoms with van der Waals surface area (Å²) < 4.78 is 1.22. The van der Waals surface area contributed by atoms with E-state index in [9.17, 15) is 0 Å². The minimum Gasteiger partial charge on any atom is -0.0766 e. The Morgan fingerprint density at radius 3 is 2.58 bits per heavy atom. The van der Waals surface area contributed by atoms with E-state index < -0.39 is 0 Å². The number of allylic oxidation sites excluding steroid dienone is 1. The molecule has 3 rings (SSSR count). The Balaban J connectivity index is 2.23. The van der Waals surface area contributed by atoms with Crippen molar-refractivity contribution in [1.82, 2.24) is 0 Å². The number of fused-ring (bicyclic) bond motifs is 1. The normalized spacial score (nSPS) is 16.7. The molecule has 0 amide bonds. The summed E-state index contributed by atoms with van der Waals surface area (Å²) in [6, 6.07) is 11.0. The molecule has 2 aromatic rings. The summed E-state index contributed by atoms with van der Waals surface area (Å²) in [5, 5.41) is 0. The Bertz CT molecular complexity index is 680. The van der Waals surface area contributed by atoms with E-state index in [1.54, 1.807) is 0 Å². The molecule has 19 heavy (non-hydrogen) atoms. The van der Waals surface area contributed by atoms with Gasteiger partial charge in [-0.1, -0.05) is 49.4 Å². The van der Waals surface area contributed by atoms with Crippen LogP contribution in [0.15, 0.2) is 40.9 Å². The van der Waals surface area contributed by atoms with Gasteiger partial charge in [0.25, 0.3) is 0 Å². The van der Waals surface area contributed by atoms with Crippen LogP contribution in [0.2, 0.25) is 0 Å². The zero-order valence-electron chi connectivity index (χ0n) is 11.5. The van der Waals surface area contributed by atoms with Crippen LogP contribution in [0.25, 0.3) is 17.2 Å². The lowest BCUT2D eigenvalue weighted by atomic mass is 9.93. The zero-order valence-corrected chi connectivity index (χ0v) is 13.1. The van der Waals surface area contributed by atoms with Crippen LogP contribution in [0.4, 0.5) is 0 Å². The fraction of sp³-hybridized carbons (Fsp3) is 0.222. The number of rotatable bonds is 1. The summed E-state index contributed by atoms with van der Waals surface area (Å²) in [5.41, 5.74) is 8.07. The molecule has 0 spiro atoms. The average molecular weight is 313 g/mol. The van der Waals surface area contributed by atoms with Gasteiger partial charge in [-0.3, -0.25) is 0 Å². The molecule has 96 valence electrons. The van der Waals surface area contributed by atoms with E-state index in [1.165, 1.54) is 37.9 Å². The summed E-state index contributed by atoms with van der Waals surface area (Å²) in [7, 11) is 0. The zero-order chi connectivity index (χ0) is 13.6. The van der Waals surface area contributed by atoms with Crippen LogP contribution in [0, 0.1) is 13.8 Å². The van der Waals surface area contributed by atoms with Crippen LogP contribution < -0.4 is 0 Å². The van der Waals surface area contributed by atoms with Crippen LogP contribution in [0.3, 0.4) is 0 Å². The number of hydrogen-bond acceptors (Lipinski definition) is 0. The molecule has 1 atom stereocenters. The molecule has 0 nitrogen and oxygen atoms in total. The molecule has 0 aromatic heterocycles. The molecule has 1 heteroatoms. The molecule has 1 aliphatic rings. The summed E-state index contributed by atoms with van der Waals surface area (Å²) in [4.78, 5) is 0. The molecule has 0 bridgehead atoms. The molecule has 0 radical (unpaired) electrons. The number of halogens is 1. The SMILES string of the molecule is Cc1cccc(-c2ccc3c(c2Br)C=CC3C)c1C. The Kier molecular flexibility index (Phi) is 3.10. The lowest BCUT2D eigenvalue weighted by Crippen LogP contribution is -1.93. The van der Waals surface area contributed by atoms with E-state index in [2.05, 4.69) is 79.2 Å². The molecule has 1 unspecified atom stereocenters. The fourth-order valence-electron chi connectivity index (χ4n) is 2.77. The van der Waals surface area contributed by atoms with Gasteiger partial charge in [0.15, 0.2) is 0 Å². The molecule has 0 heterocycles. The minimum absolute atomic E-state index is 0.527. The first-order chi connectivity index (χ1) is 9.09. The summed E-state index contributed by atoms with van der Waals surface area (Å²) >= 11 is 3.80. The van der Waals surface area contributed by atoms with Crippen LogP contribution >= 0.6 is 15.9 Å². The highest BCUT2D eigenvalue weighted by Gasteiger charge is 2.18. The monoisotopic (exact) mass is 312 g/mol. The number of benzene rings is 2. The molecule has 0 saturated carbocycles. The van der Waals surface area contributed by atoms with Gasteiger partial charge >= 0.3 is 0 Å². The van der Waals surface area contributed by atoms with Crippen molar-refractivity contribution < 1.29 is 0 Å². The lowest BCUT2D eigenvalue weighted by molar-refractivity contribution is 0.989. The first-order valence-electron chi connectivity index (χ1n) is 6.67. The highest BCUT2D eigenvalue weighted by molar-refractivity contribution is 9.10. The van der Waals surface area contributed by atoms with Gasteiger partial charge in [0.05, 0.1) is 0 Å². The van der Waals surface area contributed by atoms with Crippen molar-refractivity contribution in [3.05, 3.63) is 63.1 Å². The topological polar surface area (TPSA) is 0 Å². The molecular formula is C18H17Br. The summed E-state index contributed by atoms with van der Waals surface area (Å²) in [6.07, 6.45) is 4.50. The first-order valence-corrected chi connectivity index (χ1v) is 7.46. The molecule has 0 fully saturated rings. The van der Waals surface area contributed by atoms with E-state index in [0.29, 0.717) is 5.92 Å². The standard InChI is InChI=1S/C18H17Br/c1-11-5-4-6-15(13(11)3)17-10-9-14-12(2)7-8-16(14)18(17)19/h4-10,12H,1-3H3. The largest absolute Gasteiger partial charge is 0.0766 e. The summed E-state index contributed by atoms with van der Waals surface area (Å²) in [6.45, 7) is 6.61. The number of hydrogen-bond donors (Lipinski definition) is 0. The van der Waals surface area contributed by atoms with Crippen LogP contribution in [0.1, 0.15) is 35.1 Å². The van der Waals surface area contributed by atoms with E-state index in [0.717, 1.165) is 0 Å². The van der Waals surface area contributed by atoms with Gasteiger partial charge < -0.3 is 0 Å². The maximum atomic E-state index is 3.80. The van der Waals surface area contributed by atoms with Crippen molar-refractivity contribution in [3.63, 3.8) is 0 Å². The predicted molar refractivity (Wildman–Crippen MR) is 86.5 cm³/mol. The van der Waals surface area contributed by atoms with E-state index >= 15 is 0 Å². The molecule has 0 N–H and O–H groups in total. The maximum absolute atomic E-state index is 3.80. The van der Waals surface area contributed by atoms with Gasteiger partial charge in [-0.15, -0.1) is 0 Å². The molecular weight excluding hydrogens is 296 g/mol. The highest BCUT2D eigenvalue weighted by atomic mass is 79.9. The Morgan fingerprint density at radius 1 is 1.00 bits per heavy atom. The lowest BCUT2D eigenvalue weighted by Gasteiger charge is -2.14. The smallest absolute Gasteiger partial charge is 0.0329 e. The van der Waals surface area contributed by atoms with Gasteiger partial charge in [0, 0.05) is 4.47 Å². The van der Waals surface area contributed by atoms with Crippen molar-refractivity contribution in [2.75, 3.05) is 0 Å². The van der Waals surface area contributed by atoms with Gasteiger partial charge in [0.2, 0.25) is 0 Å². The molecule has 0 aliphatic heterocycles. The predicted octanol–water partition coefficient (Wildman–Crippen LogP) is 5.86. The summed E-state index contributed by atoms with van der Waals surface area (Å²) in [5.74, 6) is 0.527. The first kappa shape index (κ1) is 12.7. The van der Waals surface area contributed by atoms with E-state index in [1.807, 2.05) is 0 Å². The fourth-order valence-corrected chi connectivity index (χ4v) is 3.48. The molecule has 0 saturated heterocycles. The molecule has 1 aliphatic carbocycles. The second-order valence-corrected chi connectivity index (χ2v) is 6.12. The molecule has 2 aromatic carbocycles. The Morgan fingerprint density at radius 2 is 1.79 bits per heavy atom. The van der Waals surface area contributed by atoms with Gasteiger partial charge in [0.1, 0.15) is 0 Å². The van der Waals surface area contributed by atoms with Crippen molar-refractivity contribution >= 4 is 22.0 Å².